The van der Waals surface area contributed by atoms with Crippen molar-refractivity contribution in [2.75, 3.05) is 20.1 Å². The molecule has 0 spiro atoms. The van der Waals surface area contributed by atoms with Gasteiger partial charge in [0.2, 0.25) is 0 Å². The van der Waals surface area contributed by atoms with Crippen LogP contribution in [-0.2, 0) is 12.2 Å². The van der Waals surface area contributed by atoms with Crippen molar-refractivity contribution in [1.82, 2.24) is 4.90 Å². The average Bonchev–Trinajstić information content (AvgIpc) is 2.33. The molecule has 1 aliphatic heterocycles. The van der Waals surface area contributed by atoms with E-state index in [1.807, 2.05) is 31.3 Å². The summed E-state index contributed by atoms with van der Waals surface area (Å²) in [5.41, 5.74) is 6.23. The Morgan fingerprint density at radius 3 is 2.69 bits per heavy atom. The van der Waals surface area contributed by atoms with Crippen LogP contribution in [-0.4, -0.2) is 25.0 Å². The van der Waals surface area contributed by atoms with Crippen molar-refractivity contribution in [3.8, 4) is 0 Å². The first-order chi connectivity index (χ1) is 7.64. The second kappa shape index (κ2) is 4.52. The molecule has 2 nitrogen and oxygen atoms in total. The number of hydrogen-bond acceptors (Lipinski definition) is 2. The van der Waals surface area contributed by atoms with Crippen LogP contribution in [0.4, 0.5) is 4.39 Å². The molecule has 88 valence electrons. The van der Waals surface area contributed by atoms with Crippen LogP contribution in [0.25, 0.3) is 0 Å². The van der Waals surface area contributed by atoms with Crippen LogP contribution in [0.3, 0.4) is 0 Å². The molecule has 2 rings (SSSR count). The van der Waals surface area contributed by atoms with Gasteiger partial charge >= 0.3 is 0 Å². The predicted molar refractivity (Wildman–Crippen MR) is 63.9 cm³/mol. The Hall–Kier alpha value is -0.930. The summed E-state index contributed by atoms with van der Waals surface area (Å²) in [6.45, 7) is 2.12. The molecular formula is C13H19FN2. The molecule has 0 aromatic heterocycles. The van der Waals surface area contributed by atoms with Crippen molar-refractivity contribution in [2.45, 2.75) is 25.1 Å². The van der Waals surface area contributed by atoms with Crippen LogP contribution >= 0.6 is 0 Å². The lowest BCUT2D eigenvalue weighted by Crippen LogP contribution is -2.38. The van der Waals surface area contributed by atoms with Gasteiger partial charge in [0, 0.05) is 19.6 Å². The normalized spacial score (nSPS) is 20.9. The Kier molecular flexibility index (Phi) is 3.26. The first kappa shape index (κ1) is 11.6. The quantitative estimate of drug-likeness (QED) is 0.829. The lowest BCUT2D eigenvalue weighted by Gasteiger charge is -2.35. The van der Waals surface area contributed by atoms with E-state index in [9.17, 15) is 4.39 Å². The predicted octanol–water partition coefficient (Wildman–Crippen LogP) is 2.04. The summed E-state index contributed by atoms with van der Waals surface area (Å²) in [5.74, 6) is 0. The van der Waals surface area contributed by atoms with E-state index in [-0.39, 0.29) is 0 Å². The minimum atomic E-state index is -1.16. The van der Waals surface area contributed by atoms with E-state index in [0.717, 1.165) is 24.2 Å². The Bertz CT molecular complexity index is 357. The van der Waals surface area contributed by atoms with Gasteiger partial charge in [-0.2, -0.15) is 0 Å². The van der Waals surface area contributed by atoms with Crippen molar-refractivity contribution in [3.63, 3.8) is 0 Å². The van der Waals surface area contributed by atoms with Crippen LogP contribution in [0, 0.1) is 0 Å². The Morgan fingerprint density at radius 1 is 1.38 bits per heavy atom. The fraction of sp³-hybridized carbons (Fsp3) is 0.538. The maximum atomic E-state index is 14.7. The number of nitrogens with two attached hydrogens (primary N) is 1. The minimum Gasteiger partial charge on any atom is -0.326 e. The number of halogens is 1. The van der Waals surface area contributed by atoms with Crippen LogP contribution in [0.2, 0.25) is 0 Å². The highest BCUT2D eigenvalue weighted by molar-refractivity contribution is 5.28. The lowest BCUT2D eigenvalue weighted by atomic mass is 9.85. The molecular weight excluding hydrogens is 203 g/mol. The molecule has 0 aliphatic carbocycles. The summed E-state index contributed by atoms with van der Waals surface area (Å²) in [6.07, 6.45) is 1.16. The highest BCUT2D eigenvalue weighted by Crippen LogP contribution is 2.36. The van der Waals surface area contributed by atoms with Gasteiger partial charge in [0.1, 0.15) is 5.67 Å². The molecule has 1 fully saturated rings. The molecule has 0 saturated carbocycles. The highest BCUT2D eigenvalue weighted by Gasteiger charge is 2.35. The van der Waals surface area contributed by atoms with Gasteiger partial charge < -0.3 is 10.6 Å². The molecule has 1 saturated heterocycles. The number of nitrogens with zero attached hydrogens (tertiary/aromatic N) is 1. The second-order valence-corrected chi connectivity index (χ2v) is 4.67. The Labute approximate surface area is 96.2 Å². The van der Waals surface area contributed by atoms with Crippen molar-refractivity contribution in [1.29, 1.82) is 0 Å². The van der Waals surface area contributed by atoms with E-state index in [1.165, 1.54) is 0 Å². The standard InChI is InChI=1S/C13H19FN2/c1-16-7-5-13(14,6-8-16)12-4-2-3-11(9-12)10-15/h2-4,9H,5-8,10,15H2,1H3. The number of benzene rings is 1. The van der Waals surface area contributed by atoms with Gasteiger partial charge in [-0.05, 0) is 31.0 Å². The number of alkyl halides is 1. The monoisotopic (exact) mass is 222 g/mol. The third kappa shape index (κ3) is 2.25. The van der Waals surface area contributed by atoms with Crippen LogP contribution in [0.5, 0.6) is 0 Å². The fourth-order valence-corrected chi connectivity index (χ4v) is 2.24. The molecule has 16 heavy (non-hydrogen) atoms. The maximum absolute atomic E-state index is 14.7. The zero-order valence-electron chi connectivity index (χ0n) is 9.75. The number of piperidine rings is 1. The lowest BCUT2D eigenvalue weighted by molar-refractivity contribution is 0.0673. The van der Waals surface area contributed by atoms with E-state index in [0.29, 0.717) is 19.4 Å². The summed E-state index contributed by atoms with van der Waals surface area (Å²) >= 11 is 0. The van der Waals surface area contributed by atoms with Crippen molar-refractivity contribution in [3.05, 3.63) is 35.4 Å². The van der Waals surface area contributed by atoms with Crippen LogP contribution in [0.1, 0.15) is 24.0 Å². The summed E-state index contributed by atoms with van der Waals surface area (Å²) in [7, 11) is 2.04. The molecule has 1 aliphatic rings. The average molecular weight is 222 g/mol. The molecule has 0 unspecified atom stereocenters. The van der Waals surface area contributed by atoms with Gasteiger partial charge in [-0.3, -0.25) is 0 Å². The van der Waals surface area contributed by atoms with Gasteiger partial charge in [-0.1, -0.05) is 24.3 Å². The molecule has 3 heteroatoms. The van der Waals surface area contributed by atoms with E-state index >= 15 is 0 Å². The minimum absolute atomic E-state index is 0.476. The molecule has 2 N–H and O–H groups in total. The first-order valence-electron chi connectivity index (χ1n) is 5.81. The van der Waals surface area contributed by atoms with Crippen LogP contribution in [0.15, 0.2) is 24.3 Å². The van der Waals surface area contributed by atoms with E-state index in [2.05, 4.69) is 4.90 Å². The van der Waals surface area contributed by atoms with Gasteiger partial charge in [0.25, 0.3) is 0 Å². The number of rotatable bonds is 2. The molecule has 0 amide bonds. The largest absolute Gasteiger partial charge is 0.326 e. The smallest absolute Gasteiger partial charge is 0.138 e. The van der Waals surface area contributed by atoms with Gasteiger partial charge in [-0.15, -0.1) is 0 Å². The van der Waals surface area contributed by atoms with E-state index in [4.69, 9.17) is 5.73 Å². The first-order valence-corrected chi connectivity index (χ1v) is 5.81. The molecule has 1 aromatic rings. The zero-order chi connectivity index (χ0) is 11.6. The van der Waals surface area contributed by atoms with Gasteiger partial charge in [-0.25, -0.2) is 4.39 Å². The fourth-order valence-electron chi connectivity index (χ4n) is 2.24. The molecule has 1 aromatic carbocycles. The SMILES string of the molecule is CN1CCC(F)(c2cccc(CN)c2)CC1. The number of hydrogen-bond donors (Lipinski definition) is 1. The van der Waals surface area contributed by atoms with Crippen molar-refractivity contribution >= 4 is 0 Å². The molecule has 1 heterocycles. The maximum Gasteiger partial charge on any atom is 0.138 e. The van der Waals surface area contributed by atoms with Gasteiger partial charge in [0.15, 0.2) is 0 Å². The summed E-state index contributed by atoms with van der Waals surface area (Å²) in [6, 6.07) is 7.63. The van der Waals surface area contributed by atoms with Crippen molar-refractivity contribution in [2.24, 2.45) is 5.73 Å². The third-order valence-corrected chi connectivity index (χ3v) is 3.46. The summed E-state index contributed by atoms with van der Waals surface area (Å²) in [4.78, 5) is 2.17. The van der Waals surface area contributed by atoms with E-state index < -0.39 is 5.67 Å². The number of likely N-dealkylation sites (tertiary alicyclic amines) is 1. The second-order valence-electron chi connectivity index (χ2n) is 4.67. The molecule has 0 bridgehead atoms. The molecule has 0 atom stereocenters. The van der Waals surface area contributed by atoms with Gasteiger partial charge in [0.05, 0.1) is 0 Å². The summed E-state index contributed by atoms with van der Waals surface area (Å²) in [5, 5.41) is 0. The molecule has 0 radical (unpaired) electrons. The van der Waals surface area contributed by atoms with Crippen LogP contribution < -0.4 is 5.73 Å². The Morgan fingerprint density at radius 2 is 2.06 bits per heavy atom. The summed E-state index contributed by atoms with van der Waals surface area (Å²) < 4.78 is 14.7. The third-order valence-electron chi connectivity index (χ3n) is 3.46. The topological polar surface area (TPSA) is 29.3 Å². The zero-order valence-corrected chi connectivity index (χ0v) is 9.75. The van der Waals surface area contributed by atoms with Crippen molar-refractivity contribution < 1.29 is 4.39 Å². The highest BCUT2D eigenvalue weighted by atomic mass is 19.1. The van der Waals surface area contributed by atoms with E-state index in [1.54, 1.807) is 0 Å². The Balaban J connectivity index is 2.21.